The Morgan fingerprint density at radius 1 is 1.70 bits per heavy atom. The van der Waals surface area contributed by atoms with E-state index < -0.39 is 17.9 Å². The molecule has 10 heavy (non-hydrogen) atoms. The van der Waals surface area contributed by atoms with Crippen LogP contribution in [0.3, 0.4) is 0 Å². The van der Waals surface area contributed by atoms with Crippen molar-refractivity contribution in [1.29, 1.82) is 0 Å². The Balaban J connectivity index is 2.71. The third-order valence-corrected chi connectivity index (χ3v) is 1.36. The first-order valence-corrected chi connectivity index (χ1v) is 2.75. The van der Waals surface area contributed by atoms with Crippen LogP contribution in [-0.4, -0.2) is 35.3 Å². The number of rotatable bonds is 1. The molecule has 0 aromatic carbocycles. The summed E-state index contributed by atoms with van der Waals surface area (Å²) in [5, 5.41) is 8.71. The number of methoxy groups -OCH3 is 1. The smallest absolute Gasteiger partial charge is 0.282 e. The van der Waals surface area contributed by atoms with Gasteiger partial charge >= 0.3 is 0 Å². The zero-order chi connectivity index (χ0) is 7.72. The van der Waals surface area contributed by atoms with Crippen molar-refractivity contribution in [2.45, 2.75) is 12.5 Å². The van der Waals surface area contributed by atoms with E-state index in [1.807, 2.05) is 0 Å². The Kier molecular flexibility index (Phi) is 1.69. The summed E-state index contributed by atoms with van der Waals surface area (Å²) in [6.45, 7) is 0. The lowest BCUT2D eigenvalue weighted by Gasteiger charge is -2.03. The number of carbonyl (C=O) groups excluding carboxylic acids is 2. The van der Waals surface area contributed by atoms with E-state index in [1.165, 1.54) is 7.11 Å². The first-order chi connectivity index (χ1) is 4.66. The van der Waals surface area contributed by atoms with Crippen molar-refractivity contribution < 1.29 is 19.5 Å². The van der Waals surface area contributed by atoms with E-state index in [-0.39, 0.29) is 11.5 Å². The van der Waals surface area contributed by atoms with Gasteiger partial charge in [0.05, 0.1) is 6.42 Å². The molecule has 56 valence electrons. The maximum atomic E-state index is 10.7. The predicted molar refractivity (Wildman–Crippen MR) is 29.1 cm³/mol. The molecular weight excluding hydrogens is 138 g/mol. The summed E-state index contributed by atoms with van der Waals surface area (Å²) in [4.78, 5) is 21.2. The van der Waals surface area contributed by atoms with Crippen LogP contribution in [0.15, 0.2) is 0 Å². The van der Waals surface area contributed by atoms with Crippen LogP contribution in [0.4, 0.5) is 0 Å². The second-order valence-electron chi connectivity index (χ2n) is 1.97. The molecule has 5 heteroatoms. The quantitative estimate of drug-likeness (QED) is 0.385. The molecule has 0 aliphatic carbocycles. The topological polar surface area (TPSA) is 66.8 Å². The Morgan fingerprint density at radius 3 is 2.50 bits per heavy atom. The number of imide groups is 1. The number of ether oxygens (including phenoxy) is 1. The normalized spacial score (nSPS) is 26.2. The summed E-state index contributed by atoms with van der Waals surface area (Å²) >= 11 is 0. The zero-order valence-corrected chi connectivity index (χ0v) is 5.40. The van der Waals surface area contributed by atoms with Crippen molar-refractivity contribution in [3.05, 3.63) is 0 Å². The zero-order valence-electron chi connectivity index (χ0n) is 5.40. The highest BCUT2D eigenvalue weighted by atomic mass is 16.5. The molecule has 0 aromatic rings. The summed E-state index contributed by atoms with van der Waals surface area (Å²) in [5.74, 6) is -1.30. The molecule has 5 nitrogen and oxygen atoms in total. The molecule has 1 rings (SSSR count). The number of nitrogens with zero attached hydrogens (tertiary/aromatic N) is 1. The molecule has 0 saturated carbocycles. The van der Waals surface area contributed by atoms with Gasteiger partial charge in [-0.1, -0.05) is 0 Å². The lowest BCUT2D eigenvalue weighted by Crippen LogP contribution is -2.29. The van der Waals surface area contributed by atoms with E-state index in [1.54, 1.807) is 0 Å². The maximum absolute atomic E-state index is 10.7. The number of hydrogen-bond donors (Lipinski definition) is 1. The van der Waals surface area contributed by atoms with Crippen LogP contribution in [0.2, 0.25) is 0 Å². The molecule has 0 spiro atoms. The number of hydroxylamine groups is 2. The largest absolute Gasteiger partial charge is 0.371 e. The molecule has 1 saturated heterocycles. The van der Waals surface area contributed by atoms with Crippen LogP contribution in [0.1, 0.15) is 6.42 Å². The molecule has 0 bridgehead atoms. The summed E-state index contributed by atoms with van der Waals surface area (Å²) < 4.78 is 4.59. The van der Waals surface area contributed by atoms with Crippen LogP contribution in [0.25, 0.3) is 0 Å². The average Bonchev–Trinajstić information content (AvgIpc) is 2.17. The maximum Gasteiger partial charge on any atom is 0.282 e. The Morgan fingerprint density at radius 2 is 2.30 bits per heavy atom. The lowest BCUT2D eigenvalue weighted by atomic mass is 10.3. The van der Waals surface area contributed by atoms with Gasteiger partial charge in [-0.3, -0.25) is 14.8 Å². The first kappa shape index (κ1) is 7.17. The van der Waals surface area contributed by atoms with Gasteiger partial charge in [-0.05, 0) is 0 Å². The molecule has 1 aliphatic rings. The molecule has 0 aromatic heterocycles. The third-order valence-electron chi connectivity index (χ3n) is 1.36. The van der Waals surface area contributed by atoms with Crippen molar-refractivity contribution in [3.63, 3.8) is 0 Å². The van der Waals surface area contributed by atoms with Crippen LogP contribution in [-0.2, 0) is 14.3 Å². The van der Waals surface area contributed by atoms with Crippen LogP contribution in [0.5, 0.6) is 0 Å². The van der Waals surface area contributed by atoms with Gasteiger partial charge in [0.25, 0.3) is 11.8 Å². The van der Waals surface area contributed by atoms with Gasteiger partial charge < -0.3 is 4.74 Å². The molecule has 1 N–H and O–H groups in total. The first-order valence-electron chi connectivity index (χ1n) is 2.75. The molecule has 1 aliphatic heterocycles. The average molecular weight is 145 g/mol. The Bertz CT molecular complexity index is 178. The van der Waals surface area contributed by atoms with Crippen molar-refractivity contribution in [3.8, 4) is 0 Å². The minimum Gasteiger partial charge on any atom is -0.371 e. The fraction of sp³-hybridized carbons (Fsp3) is 0.600. The van der Waals surface area contributed by atoms with E-state index in [2.05, 4.69) is 4.74 Å². The molecule has 1 unspecified atom stereocenters. The van der Waals surface area contributed by atoms with Gasteiger partial charge in [0.15, 0.2) is 0 Å². The highest BCUT2D eigenvalue weighted by molar-refractivity contribution is 6.03. The SMILES string of the molecule is COC1CC(=O)N(O)C1=O. The van der Waals surface area contributed by atoms with E-state index in [0.717, 1.165) is 0 Å². The summed E-state index contributed by atoms with van der Waals surface area (Å²) in [5.41, 5.74) is 0. The molecule has 0 radical (unpaired) electrons. The molecular formula is C5H7NO4. The monoisotopic (exact) mass is 145 g/mol. The van der Waals surface area contributed by atoms with Gasteiger partial charge in [-0.15, -0.1) is 0 Å². The van der Waals surface area contributed by atoms with Crippen molar-refractivity contribution in [1.82, 2.24) is 5.06 Å². The number of carbonyl (C=O) groups is 2. The van der Waals surface area contributed by atoms with Gasteiger partial charge in [-0.2, -0.15) is 5.06 Å². The van der Waals surface area contributed by atoms with Gasteiger partial charge in [0.2, 0.25) is 0 Å². The highest BCUT2D eigenvalue weighted by Crippen LogP contribution is 2.12. The third kappa shape index (κ3) is 0.891. The second kappa shape index (κ2) is 2.36. The summed E-state index contributed by atoms with van der Waals surface area (Å²) in [6, 6.07) is 0. The van der Waals surface area contributed by atoms with Crippen LogP contribution < -0.4 is 0 Å². The van der Waals surface area contributed by atoms with Crippen LogP contribution in [0, 0.1) is 0 Å². The minimum atomic E-state index is -0.794. The predicted octanol–water partition coefficient (Wildman–Crippen LogP) is -0.851. The molecule has 1 fully saturated rings. The van der Waals surface area contributed by atoms with Gasteiger partial charge in [-0.25, -0.2) is 0 Å². The molecule has 1 atom stereocenters. The van der Waals surface area contributed by atoms with E-state index in [0.29, 0.717) is 0 Å². The molecule has 2 amide bonds. The molecule has 1 heterocycles. The summed E-state index contributed by atoms with van der Waals surface area (Å²) in [7, 11) is 1.31. The standard InChI is InChI=1S/C5H7NO4/c1-10-3-2-4(7)6(9)5(3)8/h3,9H,2H2,1H3. The number of hydrogen-bond acceptors (Lipinski definition) is 4. The number of amides is 2. The van der Waals surface area contributed by atoms with Gasteiger partial charge in [0, 0.05) is 7.11 Å². The van der Waals surface area contributed by atoms with E-state index >= 15 is 0 Å². The van der Waals surface area contributed by atoms with Gasteiger partial charge in [0.1, 0.15) is 6.10 Å². The lowest BCUT2D eigenvalue weighted by molar-refractivity contribution is -0.173. The Hall–Kier alpha value is -0.940. The fourth-order valence-corrected chi connectivity index (χ4v) is 0.776. The van der Waals surface area contributed by atoms with Crippen molar-refractivity contribution >= 4 is 11.8 Å². The minimum absolute atomic E-state index is 0.0637. The van der Waals surface area contributed by atoms with Crippen molar-refractivity contribution in [2.24, 2.45) is 0 Å². The van der Waals surface area contributed by atoms with E-state index in [9.17, 15) is 9.59 Å². The summed E-state index contributed by atoms with van der Waals surface area (Å²) in [6.07, 6.45) is -0.858. The fourth-order valence-electron chi connectivity index (χ4n) is 0.776. The highest BCUT2D eigenvalue weighted by Gasteiger charge is 2.37. The second-order valence-corrected chi connectivity index (χ2v) is 1.97. The Labute approximate surface area is 57.1 Å². The van der Waals surface area contributed by atoms with Crippen LogP contribution >= 0.6 is 0 Å². The van der Waals surface area contributed by atoms with Crippen molar-refractivity contribution in [2.75, 3.05) is 7.11 Å². The van der Waals surface area contributed by atoms with E-state index in [4.69, 9.17) is 5.21 Å².